The largest absolute Gasteiger partial charge is 0.472 e. The Morgan fingerprint density at radius 1 is 1.11 bits per heavy atom. The Hall–Kier alpha value is -2.75. The van der Waals surface area contributed by atoms with Gasteiger partial charge in [-0.1, -0.05) is 59.7 Å². The van der Waals surface area contributed by atoms with Gasteiger partial charge in [-0.3, -0.25) is 9.69 Å². The molecule has 2 aliphatic rings. The number of phosphoric acid groups is 1. The van der Waals surface area contributed by atoms with Crippen LogP contribution in [0.3, 0.4) is 0 Å². The van der Waals surface area contributed by atoms with E-state index in [0.29, 0.717) is 25.7 Å². The summed E-state index contributed by atoms with van der Waals surface area (Å²) in [5.41, 5.74) is 2.54. The van der Waals surface area contributed by atoms with E-state index in [1.807, 2.05) is 51.1 Å². The number of phosphoric ester groups is 1. The molecule has 2 heterocycles. The number of rotatable bonds is 8. The van der Waals surface area contributed by atoms with Crippen molar-refractivity contribution in [1.29, 1.82) is 0 Å². The van der Waals surface area contributed by atoms with Crippen molar-refractivity contribution in [3.8, 4) is 0 Å². The molecule has 2 aromatic rings. The molecule has 4 rings (SSSR count). The maximum atomic E-state index is 13.5. The van der Waals surface area contributed by atoms with Crippen LogP contribution in [0, 0.1) is 13.8 Å². The van der Waals surface area contributed by atoms with Gasteiger partial charge in [0, 0.05) is 13.0 Å². The molecule has 3 N–H and O–H groups in total. The Morgan fingerprint density at radius 2 is 1.79 bits per heavy atom. The fraction of sp³-hybridized carbons (Fsp3) is 0.481. The van der Waals surface area contributed by atoms with Crippen LogP contribution in [-0.4, -0.2) is 52.2 Å². The van der Waals surface area contributed by atoms with Crippen molar-refractivity contribution in [1.82, 2.24) is 10.2 Å². The predicted molar refractivity (Wildman–Crippen MR) is 139 cm³/mol. The molecule has 206 valence electrons. The Labute approximate surface area is 222 Å². The van der Waals surface area contributed by atoms with E-state index < -0.39 is 31.8 Å². The molecular formula is C27H35N2O8P. The van der Waals surface area contributed by atoms with E-state index in [9.17, 15) is 14.2 Å². The number of benzene rings is 2. The summed E-state index contributed by atoms with van der Waals surface area (Å²) < 4.78 is 27.2. The highest BCUT2D eigenvalue weighted by molar-refractivity contribution is 7.46. The van der Waals surface area contributed by atoms with E-state index in [-0.39, 0.29) is 25.2 Å². The van der Waals surface area contributed by atoms with Crippen LogP contribution in [0.2, 0.25) is 0 Å². The zero-order valence-electron chi connectivity index (χ0n) is 21.9. The first-order valence-electron chi connectivity index (χ1n) is 12.6. The number of carbonyl (C=O) groups is 2. The molecule has 11 heteroatoms. The number of ether oxygens (including phenoxy) is 2. The highest BCUT2D eigenvalue weighted by atomic mass is 31.2. The molecule has 3 atom stereocenters. The van der Waals surface area contributed by atoms with Gasteiger partial charge in [0.15, 0.2) is 0 Å². The van der Waals surface area contributed by atoms with Gasteiger partial charge in [-0.2, -0.15) is 0 Å². The Balaban J connectivity index is 1.67. The summed E-state index contributed by atoms with van der Waals surface area (Å²) in [5.74, 6) is -0.0740. The molecule has 2 fully saturated rings. The molecule has 0 aromatic heterocycles. The van der Waals surface area contributed by atoms with Crippen molar-refractivity contribution in [3.63, 3.8) is 0 Å². The van der Waals surface area contributed by atoms with Crippen molar-refractivity contribution in [2.75, 3.05) is 19.9 Å². The molecule has 0 unspecified atom stereocenters. The number of carbonyl (C=O) groups excluding carboxylic acids is 2. The fourth-order valence-corrected chi connectivity index (χ4v) is 5.73. The summed E-state index contributed by atoms with van der Waals surface area (Å²) in [4.78, 5) is 45.2. The van der Waals surface area contributed by atoms with Gasteiger partial charge in [-0.15, -0.1) is 0 Å². The smallest absolute Gasteiger partial charge is 0.422 e. The lowest BCUT2D eigenvalue weighted by Gasteiger charge is -2.52. The number of likely N-dealkylation sites (tertiary alicyclic amines) is 1. The zero-order chi connectivity index (χ0) is 27.6. The summed E-state index contributed by atoms with van der Waals surface area (Å²) in [7, 11) is -4.83. The fourth-order valence-electron chi connectivity index (χ4n) is 5.54. The van der Waals surface area contributed by atoms with Gasteiger partial charge in [0.1, 0.15) is 0 Å². The SMILES string of the molecule is Cc1cc(C)cc([C@@H](C)OC[C@@]2(c3ccccc3)CC[C@]3(CCC(=O)N3)CN2C(=O)OCOP(=O)(O)O)c1. The van der Waals surface area contributed by atoms with Crippen molar-refractivity contribution in [2.24, 2.45) is 0 Å². The summed E-state index contributed by atoms with van der Waals surface area (Å²) in [6.07, 6.45) is 0.947. The molecule has 1 spiro atoms. The third kappa shape index (κ3) is 6.45. The van der Waals surface area contributed by atoms with Crippen molar-refractivity contribution < 1.29 is 37.9 Å². The first kappa shape index (κ1) is 28.3. The minimum absolute atomic E-state index is 0.0740. The number of piperidine rings is 1. The van der Waals surface area contributed by atoms with Gasteiger partial charge in [0.05, 0.1) is 23.8 Å². The first-order valence-corrected chi connectivity index (χ1v) is 14.2. The van der Waals surface area contributed by atoms with Gasteiger partial charge in [-0.25, -0.2) is 13.9 Å². The van der Waals surface area contributed by atoms with Crippen LogP contribution >= 0.6 is 7.82 Å². The topological polar surface area (TPSA) is 135 Å². The predicted octanol–water partition coefficient (Wildman–Crippen LogP) is 4.22. The second-order valence-corrected chi connectivity index (χ2v) is 11.6. The maximum Gasteiger partial charge on any atom is 0.472 e. The summed E-state index contributed by atoms with van der Waals surface area (Å²) in [6, 6.07) is 15.7. The van der Waals surface area contributed by atoms with Crippen molar-refractivity contribution in [2.45, 2.75) is 63.6 Å². The minimum atomic E-state index is -4.83. The Morgan fingerprint density at radius 3 is 2.39 bits per heavy atom. The lowest BCUT2D eigenvalue weighted by atomic mass is 9.74. The van der Waals surface area contributed by atoms with E-state index in [2.05, 4.69) is 28.0 Å². The maximum absolute atomic E-state index is 13.5. The molecular weight excluding hydrogens is 511 g/mol. The second kappa shape index (κ2) is 11.2. The molecule has 0 saturated carbocycles. The molecule has 0 radical (unpaired) electrons. The number of nitrogens with zero attached hydrogens (tertiary/aromatic N) is 1. The zero-order valence-corrected chi connectivity index (χ0v) is 22.8. The lowest BCUT2D eigenvalue weighted by Crippen LogP contribution is -2.65. The van der Waals surface area contributed by atoms with E-state index >= 15 is 0 Å². The summed E-state index contributed by atoms with van der Waals surface area (Å²) in [6.45, 7) is 5.41. The van der Waals surface area contributed by atoms with E-state index in [1.54, 1.807) is 0 Å². The number of hydrogen-bond acceptors (Lipinski definition) is 6. The third-order valence-electron chi connectivity index (χ3n) is 7.45. The van der Waals surface area contributed by atoms with Crippen LogP contribution in [0.15, 0.2) is 48.5 Å². The molecule has 2 aliphatic heterocycles. The normalized spacial score (nSPS) is 24.3. The lowest BCUT2D eigenvalue weighted by molar-refractivity contribution is -0.121. The van der Waals surface area contributed by atoms with Gasteiger partial charge in [-0.05, 0) is 51.2 Å². The van der Waals surface area contributed by atoms with Gasteiger partial charge in [0.2, 0.25) is 12.7 Å². The van der Waals surface area contributed by atoms with Gasteiger partial charge < -0.3 is 24.6 Å². The summed E-state index contributed by atoms with van der Waals surface area (Å²) >= 11 is 0. The number of aryl methyl sites for hydroxylation is 2. The molecule has 38 heavy (non-hydrogen) atoms. The Kier molecular flexibility index (Phi) is 8.30. The first-order chi connectivity index (χ1) is 17.9. The van der Waals surface area contributed by atoms with E-state index in [4.69, 9.17) is 19.3 Å². The van der Waals surface area contributed by atoms with Crippen LogP contribution in [0.25, 0.3) is 0 Å². The molecule has 0 aliphatic carbocycles. The van der Waals surface area contributed by atoms with Crippen molar-refractivity contribution >= 4 is 19.8 Å². The van der Waals surface area contributed by atoms with E-state index in [1.165, 1.54) is 4.90 Å². The Bertz CT molecular complexity index is 1200. The van der Waals surface area contributed by atoms with Crippen LogP contribution in [0.5, 0.6) is 0 Å². The number of hydrogen-bond donors (Lipinski definition) is 3. The van der Waals surface area contributed by atoms with Crippen LogP contribution < -0.4 is 5.32 Å². The standard InChI is InChI=1S/C27H35N2O8P/c1-19-13-20(2)15-22(14-19)21(3)35-17-27(23-7-5-4-6-8-23)12-11-26(10-9-24(30)28-26)16-29(27)25(31)36-18-37-38(32,33)34/h4-8,13-15,21H,9-12,16-18H2,1-3H3,(H,28,30)(H2,32,33,34)/t21-,26-,27-/m1/s1. The van der Waals surface area contributed by atoms with E-state index in [0.717, 1.165) is 22.3 Å². The molecule has 2 saturated heterocycles. The van der Waals surface area contributed by atoms with Crippen LogP contribution in [-0.2, 0) is 28.9 Å². The number of amides is 2. The van der Waals surface area contributed by atoms with Gasteiger partial charge >= 0.3 is 13.9 Å². The molecule has 0 bridgehead atoms. The second-order valence-electron chi connectivity index (χ2n) is 10.3. The molecule has 2 aromatic carbocycles. The summed E-state index contributed by atoms with van der Waals surface area (Å²) in [5, 5.41) is 3.04. The number of nitrogens with one attached hydrogen (secondary N) is 1. The van der Waals surface area contributed by atoms with Crippen LogP contribution in [0.1, 0.15) is 61.0 Å². The quantitative estimate of drug-likeness (QED) is 0.331. The minimum Gasteiger partial charge on any atom is -0.422 e. The van der Waals surface area contributed by atoms with Crippen molar-refractivity contribution in [3.05, 3.63) is 70.8 Å². The van der Waals surface area contributed by atoms with Crippen LogP contribution in [0.4, 0.5) is 4.79 Å². The molecule has 2 amide bonds. The monoisotopic (exact) mass is 546 g/mol. The van der Waals surface area contributed by atoms with Gasteiger partial charge in [0.25, 0.3) is 0 Å². The highest BCUT2D eigenvalue weighted by Gasteiger charge is 2.53. The third-order valence-corrected chi connectivity index (χ3v) is 7.89. The average molecular weight is 547 g/mol. The highest BCUT2D eigenvalue weighted by Crippen LogP contribution is 2.45. The average Bonchev–Trinajstić information content (AvgIpc) is 3.22. The molecule has 10 nitrogen and oxygen atoms in total.